The molecule has 308 valence electrons. The summed E-state index contributed by atoms with van der Waals surface area (Å²) in [5, 5.41) is 10.8. The molecular weight excluding hydrogens is 759 g/mol. The monoisotopic (exact) mass is 815 g/mol. The first-order chi connectivity index (χ1) is 27.6. The van der Waals surface area contributed by atoms with Crippen molar-refractivity contribution in [1.82, 2.24) is 19.8 Å². The lowest BCUT2D eigenvalue weighted by atomic mass is 10.3. The number of aromatic nitrogens is 2. The highest BCUT2D eigenvalue weighted by Gasteiger charge is 2.10. The highest BCUT2D eigenvalue weighted by Crippen LogP contribution is 2.20. The minimum absolute atomic E-state index is 0.112. The molecule has 2 heterocycles. The third-order valence-electron chi connectivity index (χ3n) is 8.00. The molecule has 0 bridgehead atoms. The van der Waals surface area contributed by atoms with Crippen molar-refractivity contribution in [2.24, 2.45) is 0 Å². The van der Waals surface area contributed by atoms with E-state index < -0.39 is 0 Å². The van der Waals surface area contributed by atoms with Crippen molar-refractivity contribution in [3.63, 3.8) is 0 Å². The number of methoxy groups -OCH3 is 1. The zero-order valence-corrected chi connectivity index (χ0v) is 34.1. The molecule has 0 fully saturated rings. The Balaban J connectivity index is 1.19. The van der Waals surface area contributed by atoms with E-state index in [1.54, 1.807) is 19.2 Å². The van der Waals surface area contributed by atoms with Crippen LogP contribution < -0.4 is 10.3 Å². The van der Waals surface area contributed by atoms with Crippen LogP contribution in [0.3, 0.4) is 0 Å². The number of carbonyl (C=O) groups excluding carboxylic acids is 1. The van der Waals surface area contributed by atoms with E-state index >= 15 is 0 Å². The fourth-order valence-electron chi connectivity index (χ4n) is 5.15. The maximum absolute atomic E-state index is 11.7. The third-order valence-corrected chi connectivity index (χ3v) is 9.63. The van der Waals surface area contributed by atoms with Gasteiger partial charge in [0.15, 0.2) is 6.29 Å². The number of aldehydes is 1. The Morgan fingerprint density at radius 3 is 2.02 bits per heavy atom. The Morgan fingerprint density at radius 1 is 0.714 bits per heavy atom. The number of nitrogens with one attached hydrogen (secondary N) is 1. The molecule has 1 aromatic carbocycles. The van der Waals surface area contributed by atoms with Crippen LogP contribution in [-0.2, 0) is 41.5 Å². The van der Waals surface area contributed by atoms with Crippen molar-refractivity contribution in [2.45, 2.75) is 24.4 Å². The number of ether oxygens (including phenoxy) is 7. The summed E-state index contributed by atoms with van der Waals surface area (Å²) in [5.74, 6) is 2.66. The van der Waals surface area contributed by atoms with Crippen molar-refractivity contribution in [3.8, 4) is 11.2 Å². The van der Waals surface area contributed by atoms with Gasteiger partial charge in [-0.3, -0.25) is 19.4 Å². The summed E-state index contributed by atoms with van der Waals surface area (Å²) in [6, 6.07) is 18.0. The Bertz CT molecular complexity index is 1550. The number of hydrogen-bond acceptors (Lipinski definition) is 15. The van der Waals surface area contributed by atoms with Crippen LogP contribution in [0, 0.1) is 10.7 Å². The van der Waals surface area contributed by atoms with E-state index in [2.05, 4.69) is 19.8 Å². The first-order valence-corrected chi connectivity index (χ1v) is 20.8. The highest BCUT2D eigenvalue weighted by atomic mass is 32.2. The second kappa shape index (κ2) is 31.7. The largest absolute Gasteiger partial charge is 0.491 e. The van der Waals surface area contributed by atoms with Crippen LogP contribution in [0.1, 0.15) is 28.3 Å². The number of thiocyanates is 1. The lowest BCUT2D eigenvalue weighted by Gasteiger charge is -2.22. The number of H-pyrrole nitrogens is 1. The molecule has 0 spiro atoms. The lowest BCUT2D eigenvalue weighted by molar-refractivity contribution is 0.0236. The number of aromatic amines is 1. The molecule has 0 radical (unpaired) electrons. The van der Waals surface area contributed by atoms with Gasteiger partial charge in [-0.05, 0) is 66.4 Å². The Labute approximate surface area is 339 Å². The number of nitrogens with zero attached hydrogens (tertiary/aromatic N) is 4. The van der Waals surface area contributed by atoms with E-state index in [4.69, 9.17) is 38.4 Å². The number of carbonyl (C=O) groups is 1. The fraction of sp³-hybridized carbons (Fsp3) is 0.550. The number of nitriles is 1. The second-order valence-corrected chi connectivity index (χ2v) is 14.4. The quantitative estimate of drug-likeness (QED) is 0.0386. The average molecular weight is 816 g/mol. The van der Waals surface area contributed by atoms with E-state index in [1.807, 2.05) is 59.6 Å². The van der Waals surface area contributed by atoms with Gasteiger partial charge in [0.25, 0.3) is 0 Å². The van der Waals surface area contributed by atoms with Crippen LogP contribution >= 0.6 is 23.5 Å². The van der Waals surface area contributed by atoms with E-state index in [0.29, 0.717) is 118 Å². The van der Waals surface area contributed by atoms with E-state index in [9.17, 15) is 9.59 Å². The van der Waals surface area contributed by atoms with Crippen molar-refractivity contribution in [3.05, 3.63) is 88.1 Å². The molecule has 0 saturated heterocycles. The second-order valence-electron chi connectivity index (χ2n) is 12.3. The zero-order chi connectivity index (χ0) is 39.7. The molecule has 3 aromatic rings. The van der Waals surface area contributed by atoms with E-state index in [0.717, 1.165) is 64.6 Å². The Hall–Kier alpha value is -3.34. The van der Waals surface area contributed by atoms with E-state index in [1.165, 1.54) is 6.07 Å². The van der Waals surface area contributed by atoms with Crippen LogP contribution in [0.25, 0.3) is 0 Å². The van der Waals surface area contributed by atoms with Gasteiger partial charge < -0.3 is 38.1 Å². The molecule has 14 nitrogen and oxygen atoms in total. The molecule has 0 aliphatic rings. The van der Waals surface area contributed by atoms with Crippen molar-refractivity contribution in [2.75, 3.05) is 124 Å². The van der Waals surface area contributed by atoms with Gasteiger partial charge in [0.2, 0.25) is 5.56 Å². The number of hydrogen-bond donors (Lipinski definition) is 1. The molecule has 2 aromatic heterocycles. The standard InChI is InChI=1S/C40H57N5O9S2/c1-48-18-13-44(32-36-6-3-8-40(47)43-36)15-20-50-22-23-51-21-16-45(31-35-5-2-7-37(33-46)42-35)14-19-49-17-4-29-55-30-28-53-25-24-52-26-27-54-38-9-11-39(12-10-38)56-34-41/h2-3,5-12,33H,4,13-32H2,1H3,(H,43,47). The van der Waals surface area contributed by atoms with Crippen LogP contribution in [0.2, 0.25) is 0 Å². The fourth-order valence-corrected chi connectivity index (χ4v) is 6.29. The molecular formula is C40H57N5O9S2. The molecule has 1 N–H and O–H groups in total. The van der Waals surface area contributed by atoms with Gasteiger partial charge in [-0.2, -0.15) is 17.0 Å². The molecule has 56 heavy (non-hydrogen) atoms. The maximum Gasteiger partial charge on any atom is 0.248 e. The predicted octanol–water partition coefficient (Wildman–Crippen LogP) is 4.39. The number of pyridine rings is 2. The van der Waals surface area contributed by atoms with Crippen LogP contribution in [0.15, 0.2) is 70.4 Å². The summed E-state index contributed by atoms with van der Waals surface area (Å²) in [7, 11) is 1.67. The zero-order valence-electron chi connectivity index (χ0n) is 32.5. The normalized spacial score (nSPS) is 11.3. The van der Waals surface area contributed by atoms with Crippen LogP contribution in [0.4, 0.5) is 0 Å². The number of rotatable bonds is 35. The molecule has 0 unspecified atom stereocenters. The van der Waals surface area contributed by atoms with Gasteiger partial charge in [0.1, 0.15) is 23.5 Å². The van der Waals surface area contributed by atoms with Gasteiger partial charge in [0, 0.05) is 75.4 Å². The van der Waals surface area contributed by atoms with Gasteiger partial charge in [0.05, 0.1) is 71.8 Å². The topological polar surface area (TPSA) is 158 Å². The minimum Gasteiger partial charge on any atom is -0.491 e. The summed E-state index contributed by atoms with van der Waals surface area (Å²) in [4.78, 5) is 35.5. The van der Waals surface area contributed by atoms with Gasteiger partial charge in [-0.25, -0.2) is 4.98 Å². The number of thioether (sulfide) groups is 2. The van der Waals surface area contributed by atoms with Gasteiger partial charge >= 0.3 is 0 Å². The SMILES string of the molecule is COCCN(CCOCCOCCN(CCOCCCSCCOCCOCCOc1ccc(SC#N)cc1)Cc1cccc(C=O)n1)Cc1cccc(=O)[nH]1. The summed E-state index contributed by atoms with van der Waals surface area (Å²) in [6.45, 7) is 10.6. The molecule has 0 aliphatic heterocycles. The van der Waals surface area contributed by atoms with Crippen LogP contribution in [0.5, 0.6) is 5.75 Å². The highest BCUT2D eigenvalue weighted by molar-refractivity contribution is 8.03. The van der Waals surface area contributed by atoms with Crippen molar-refractivity contribution in [1.29, 1.82) is 5.26 Å². The van der Waals surface area contributed by atoms with Gasteiger partial charge in [-0.15, -0.1) is 0 Å². The van der Waals surface area contributed by atoms with E-state index in [-0.39, 0.29) is 5.56 Å². The number of benzene rings is 1. The summed E-state index contributed by atoms with van der Waals surface area (Å²) < 4.78 is 39.8. The van der Waals surface area contributed by atoms with Crippen molar-refractivity contribution < 1.29 is 38.0 Å². The molecule has 0 atom stereocenters. The summed E-state index contributed by atoms with van der Waals surface area (Å²) >= 11 is 2.97. The van der Waals surface area contributed by atoms with Crippen LogP contribution in [-0.4, -0.2) is 150 Å². The third kappa shape index (κ3) is 23.0. The van der Waals surface area contributed by atoms with Crippen molar-refractivity contribution >= 4 is 29.8 Å². The molecule has 0 saturated carbocycles. The Kier molecular flexibility index (Phi) is 26.6. The molecule has 16 heteroatoms. The lowest BCUT2D eigenvalue weighted by Crippen LogP contribution is -2.32. The first kappa shape index (κ1) is 47.0. The molecule has 3 rings (SSSR count). The van der Waals surface area contributed by atoms with Gasteiger partial charge in [-0.1, -0.05) is 12.1 Å². The summed E-state index contributed by atoms with van der Waals surface area (Å²) in [6.07, 6.45) is 1.72. The average Bonchev–Trinajstić information content (AvgIpc) is 3.21. The summed E-state index contributed by atoms with van der Waals surface area (Å²) in [5.41, 5.74) is 1.98. The minimum atomic E-state index is -0.112. The smallest absolute Gasteiger partial charge is 0.248 e. The molecule has 0 aliphatic carbocycles. The Morgan fingerprint density at radius 2 is 1.34 bits per heavy atom. The maximum atomic E-state index is 11.7. The molecule has 0 amide bonds. The first-order valence-electron chi connectivity index (χ1n) is 18.9. The predicted molar refractivity (Wildman–Crippen MR) is 219 cm³/mol.